The molecule has 8 nitrogen and oxygen atoms in total. The number of pyridine rings is 4. The van der Waals surface area contributed by atoms with Crippen LogP contribution in [0.5, 0.6) is 0 Å². The van der Waals surface area contributed by atoms with Crippen molar-refractivity contribution in [2.75, 3.05) is 0 Å². The Morgan fingerprint density at radius 2 is 0.618 bits per heavy atom. The molecule has 8 aromatic rings. The Labute approximate surface area is 393 Å². The van der Waals surface area contributed by atoms with Crippen LogP contribution in [0.4, 0.5) is 0 Å². The van der Waals surface area contributed by atoms with Gasteiger partial charge in [0.1, 0.15) is 0 Å². The van der Waals surface area contributed by atoms with Gasteiger partial charge in [0.05, 0.1) is 10.8 Å². The number of hydrogen-bond acceptors (Lipinski definition) is 8. The van der Waals surface area contributed by atoms with Crippen molar-refractivity contribution in [3.63, 3.8) is 0 Å². The zero-order valence-corrected chi connectivity index (χ0v) is 36.9. The molecular formula is C60H44N4O4. The summed E-state index contributed by atoms with van der Waals surface area (Å²) in [6.07, 6.45) is 8.30. The van der Waals surface area contributed by atoms with Gasteiger partial charge in [-0.2, -0.15) is 0 Å². The van der Waals surface area contributed by atoms with Gasteiger partial charge in [0.2, 0.25) is 0 Å². The summed E-state index contributed by atoms with van der Waals surface area (Å²) in [5.74, 6) is -1.56. The zero-order chi connectivity index (χ0) is 45.7. The summed E-state index contributed by atoms with van der Waals surface area (Å²) >= 11 is 0. The molecule has 0 N–H and O–H groups in total. The lowest BCUT2D eigenvalue weighted by Gasteiger charge is -2.37. The minimum Gasteiger partial charge on any atom is -0.294 e. The molecule has 2 saturated carbocycles. The second kappa shape index (κ2) is 15.4. The molecule has 68 heavy (non-hydrogen) atoms. The van der Waals surface area contributed by atoms with Crippen molar-refractivity contribution in [1.82, 2.24) is 19.9 Å². The predicted octanol–water partition coefficient (Wildman–Crippen LogP) is 10.8. The normalized spacial score (nSPS) is 28.7. The second-order valence-corrected chi connectivity index (χ2v) is 19.3. The summed E-state index contributed by atoms with van der Waals surface area (Å²) in [5.41, 5.74) is 9.02. The maximum Gasteiger partial charge on any atom is 0.171 e. The van der Waals surface area contributed by atoms with Gasteiger partial charge < -0.3 is 0 Å². The molecule has 6 aliphatic rings. The zero-order valence-electron chi connectivity index (χ0n) is 36.9. The molecule has 0 saturated heterocycles. The third-order valence-electron chi connectivity index (χ3n) is 16.6. The van der Waals surface area contributed by atoms with Crippen LogP contribution in [0.1, 0.15) is 122 Å². The molecule has 0 radical (unpaired) electrons. The first-order valence-corrected chi connectivity index (χ1v) is 23.6. The number of ketones is 4. The van der Waals surface area contributed by atoms with Crippen LogP contribution in [0.3, 0.4) is 0 Å². The summed E-state index contributed by atoms with van der Waals surface area (Å²) in [6.45, 7) is 0. The summed E-state index contributed by atoms with van der Waals surface area (Å²) in [5, 5.41) is 0. The molecule has 328 valence electrons. The number of carbonyl (C=O) groups is 4. The molecule has 8 heteroatoms. The Bertz CT molecular complexity index is 3120. The predicted molar refractivity (Wildman–Crippen MR) is 256 cm³/mol. The molecule has 0 aliphatic heterocycles. The van der Waals surface area contributed by atoms with Crippen molar-refractivity contribution in [2.24, 2.45) is 22.7 Å². The monoisotopic (exact) mass is 884 g/mol. The number of hydrogen-bond donors (Lipinski definition) is 0. The highest BCUT2D eigenvalue weighted by Crippen LogP contribution is 2.73. The number of fused-ring (bicyclic) bond motifs is 8. The lowest BCUT2D eigenvalue weighted by molar-refractivity contribution is 0.0729. The molecular weight excluding hydrogens is 841 g/mol. The van der Waals surface area contributed by atoms with Gasteiger partial charge in [-0.05, 0) is 83.6 Å². The Morgan fingerprint density at radius 1 is 0.324 bits per heavy atom. The Kier molecular flexibility index (Phi) is 9.13. The van der Waals surface area contributed by atoms with Crippen LogP contribution in [0.15, 0.2) is 195 Å². The van der Waals surface area contributed by atoms with Crippen molar-refractivity contribution in [2.45, 2.75) is 48.3 Å². The molecule has 4 heterocycles. The maximum absolute atomic E-state index is 14.5. The highest BCUT2D eigenvalue weighted by atomic mass is 16.1. The number of benzene rings is 4. The summed E-state index contributed by atoms with van der Waals surface area (Å²) in [6, 6.07) is 55.1. The maximum atomic E-state index is 14.5. The first-order valence-electron chi connectivity index (χ1n) is 23.6. The van der Waals surface area contributed by atoms with Crippen LogP contribution in [0.25, 0.3) is 0 Å². The smallest absolute Gasteiger partial charge is 0.171 e. The largest absolute Gasteiger partial charge is 0.294 e. The van der Waals surface area contributed by atoms with E-state index in [4.69, 9.17) is 19.9 Å². The van der Waals surface area contributed by atoms with E-state index in [2.05, 4.69) is 24.3 Å². The quantitative estimate of drug-likeness (QED) is 0.171. The molecule has 14 rings (SSSR count). The fraction of sp³-hybridized carbons (Fsp3) is 0.200. The van der Waals surface area contributed by atoms with Gasteiger partial charge in [-0.1, -0.05) is 121 Å². The van der Waals surface area contributed by atoms with E-state index in [1.165, 1.54) is 0 Å². The molecule has 2 fully saturated rings. The van der Waals surface area contributed by atoms with E-state index in [0.29, 0.717) is 12.8 Å². The third kappa shape index (κ3) is 5.48. The van der Waals surface area contributed by atoms with E-state index in [1.807, 2.05) is 146 Å². The number of nitrogens with zero attached hydrogens (tertiary/aromatic N) is 4. The van der Waals surface area contributed by atoms with E-state index >= 15 is 0 Å². The molecule has 0 amide bonds. The Morgan fingerprint density at radius 3 is 0.941 bits per heavy atom. The number of rotatable bonds is 4. The third-order valence-corrected chi connectivity index (χ3v) is 16.6. The van der Waals surface area contributed by atoms with Crippen LogP contribution < -0.4 is 0 Å². The highest BCUT2D eigenvalue weighted by molar-refractivity contribution is 6.12. The molecule has 4 aromatic heterocycles. The van der Waals surface area contributed by atoms with E-state index in [-0.39, 0.29) is 70.5 Å². The average Bonchev–Trinajstić information content (AvgIpc) is 4.19. The lowest BCUT2D eigenvalue weighted by atomic mass is 9.64. The van der Waals surface area contributed by atoms with Gasteiger partial charge >= 0.3 is 0 Å². The molecule has 10 atom stereocenters. The van der Waals surface area contributed by atoms with Crippen molar-refractivity contribution < 1.29 is 19.2 Å². The summed E-state index contributed by atoms with van der Waals surface area (Å²) in [7, 11) is 0. The molecule has 2 spiro atoms. The van der Waals surface area contributed by atoms with Gasteiger partial charge in [0, 0.05) is 117 Å². The van der Waals surface area contributed by atoms with Gasteiger partial charge in [0.15, 0.2) is 23.1 Å². The summed E-state index contributed by atoms with van der Waals surface area (Å²) < 4.78 is 0. The van der Waals surface area contributed by atoms with Crippen LogP contribution >= 0.6 is 0 Å². The van der Waals surface area contributed by atoms with Crippen molar-refractivity contribution in [1.29, 1.82) is 0 Å². The SMILES string of the molecule is O=C1c2ccccc2[C@@H]2[C@H]1[C@@H](c1ccccn1)[C@@]1(Cc3ccccc3C1=O)[C@H]2c1ccccn1.O=C1c2ccccc2[C@H]2[C@@H]1[C@H](c1ccccn1)[C@]1(Cc3ccccc3C1=O)[C@@H]2c1ccccn1. The van der Waals surface area contributed by atoms with Crippen LogP contribution in [-0.2, 0) is 12.8 Å². The highest BCUT2D eigenvalue weighted by Gasteiger charge is 2.72. The number of Topliss-reactive ketones (excluding diaryl/α,β-unsaturated/α-hetero) is 4. The summed E-state index contributed by atoms with van der Waals surface area (Å²) in [4.78, 5) is 76.0. The topological polar surface area (TPSA) is 120 Å². The van der Waals surface area contributed by atoms with E-state index in [1.54, 1.807) is 24.8 Å². The number of carbonyl (C=O) groups excluding carboxylic acids is 4. The van der Waals surface area contributed by atoms with Crippen molar-refractivity contribution in [3.05, 3.63) is 262 Å². The van der Waals surface area contributed by atoms with E-state index < -0.39 is 10.8 Å². The van der Waals surface area contributed by atoms with Crippen LogP contribution in [-0.4, -0.2) is 43.1 Å². The lowest BCUT2D eigenvalue weighted by Crippen LogP contribution is -2.39. The molecule has 4 aromatic carbocycles. The minimum atomic E-state index is -0.815. The first-order chi connectivity index (χ1) is 33.4. The van der Waals surface area contributed by atoms with Crippen LogP contribution in [0, 0.1) is 22.7 Å². The Hall–Kier alpha value is -7.84. The van der Waals surface area contributed by atoms with E-state index in [9.17, 15) is 19.2 Å². The molecule has 0 unspecified atom stereocenters. The molecule has 0 bridgehead atoms. The second-order valence-electron chi connectivity index (χ2n) is 19.3. The van der Waals surface area contributed by atoms with Gasteiger partial charge in [-0.3, -0.25) is 39.1 Å². The van der Waals surface area contributed by atoms with Crippen molar-refractivity contribution in [3.8, 4) is 0 Å². The standard InChI is InChI=1S/2C30H22N2O2/c2*33-28-21-12-4-3-11-20(21)24-25(28)27(23-14-6-8-16-32-23)30(26(24)22-13-5-7-15-31-22)17-18-9-1-2-10-19(18)29(30)34/h2*1-16,24-27H,17H2/t2*24-,25+,26+,27-,30-/m10/s1. The minimum absolute atomic E-state index is 0.120. The van der Waals surface area contributed by atoms with Gasteiger partial charge in [-0.15, -0.1) is 0 Å². The van der Waals surface area contributed by atoms with E-state index in [0.717, 1.165) is 67.3 Å². The first kappa shape index (κ1) is 40.4. The van der Waals surface area contributed by atoms with Crippen LogP contribution in [0.2, 0.25) is 0 Å². The fourth-order valence-electron chi connectivity index (χ4n) is 14.4. The molecule has 6 aliphatic carbocycles. The number of aromatic nitrogens is 4. The fourth-order valence-corrected chi connectivity index (χ4v) is 14.4. The average molecular weight is 885 g/mol. The van der Waals surface area contributed by atoms with Gasteiger partial charge in [0.25, 0.3) is 0 Å². The Balaban J connectivity index is 0.000000134. The van der Waals surface area contributed by atoms with Gasteiger partial charge in [-0.25, -0.2) is 0 Å². The van der Waals surface area contributed by atoms with Crippen molar-refractivity contribution >= 4 is 23.1 Å².